The number of aromatic hydroxyl groups is 1. The zero-order chi connectivity index (χ0) is 24.0. The Bertz CT molecular complexity index is 1190. The largest absolute Gasteiger partial charge is 0.507 e. The molecule has 10 nitrogen and oxygen atoms in total. The minimum atomic E-state index is -0.660. The molecule has 0 unspecified atom stereocenters. The van der Waals surface area contributed by atoms with E-state index in [9.17, 15) is 19.5 Å². The zero-order valence-corrected chi connectivity index (χ0v) is 19.0. The Hall–Kier alpha value is -3.86. The molecule has 2 N–H and O–H groups in total. The highest BCUT2D eigenvalue weighted by Crippen LogP contribution is 2.30. The van der Waals surface area contributed by atoms with Crippen LogP contribution in [-0.4, -0.2) is 57.7 Å². The average Bonchev–Trinajstić information content (AvgIpc) is 3.24. The molecule has 3 aromatic rings. The molecule has 0 bridgehead atoms. The predicted octanol–water partition coefficient (Wildman–Crippen LogP) is 2.97. The molecule has 1 heterocycles. The van der Waals surface area contributed by atoms with Crippen LogP contribution in [-0.2, 0) is 20.8 Å². The van der Waals surface area contributed by atoms with Crippen LogP contribution in [0.3, 0.4) is 0 Å². The molecule has 1 aromatic heterocycles. The molecule has 0 saturated heterocycles. The summed E-state index contributed by atoms with van der Waals surface area (Å²) < 4.78 is 11.2. The molecule has 33 heavy (non-hydrogen) atoms. The summed E-state index contributed by atoms with van der Waals surface area (Å²) in [6.07, 6.45) is 0. The van der Waals surface area contributed by atoms with Gasteiger partial charge in [0.2, 0.25) is 5.91 Å². The lowest BCUT2D eigenvalue weighted by Crippen LogP contribution is -2.18. The number of ether oxygens (including phenoxy) is 2. The maximum absolute atomic E-state index is 12.6. The highest BCUT2D eigenvalue weighted by atomic mass is 32.2. The monoisotopic (exact) mass is 470 g/mol. The molecule has 3 rings (SSSR count). The van der Waals surface area contributed by atoms with E-state index in [0.29, 0.717) is 23.1 Å². The molecule has 2 aromatic carbocycles. The summed E-state index contributed by atoms with van der Waals surface area (Å²) in [4.78, 5) is 36.5. The second-order valence-electron chi connectivity index (χ2n) is 6.65. The number of nitrogens with zero attached hydrogens (tertiary/aromatic N) is 3. The van der Waals surface area contributed by atoms with Crippen molar-refractivity contribution in [1.82, 2.24) is 14.8 Å². The van der Waals surface area contributed by atoms with E-state index in [1.165, 1.54) is 32.4 Å². The standard InChI is InChI=1S/C22H22N4O6S/c1-4-26-19(15-7-5-6-8-17(15)27)24-25-22(26)33-12-18(28)23-16-11-13(20(29)31-2)9-10-14(16)21(30)32-3/h5-11,27H,4,12H2,1-3H3,(H,23,28). The number of amides is 1. The van der Waals surface area contributed by atoms with Gasteiger partial charge in [-0.3, -0.25) is 4.79 Å². The lowest BCUT2D eigenvalue weighted by atomic mass is 10.1. The topological polar surface area (TPSA) is 133 Å². The number of anilines is 1. The summed E-state index contributed by atoms with van der Waals surface area (Å²) in [5.74, 6) is -1.17. The number of thioether (sulfide) groups is 1. The van der Waals surface area contributed by atoms with Gasteiger partial charge in [-0.15, -0.1) is 10.2 Å². The molecule has 0 saturated carbocycles. The Balaban J connectivity index is 1.78. The highest BCUT2D eigenvalue weighted by Gasteiger charge is 2.19. The predicted molar refractivity (Wildman–Crippen MR) is 121 cm³/mol. The number of carbonyl (C=O) groups excluding carboxylic acids is 3. The van der Waals surface area contributed by atoms with Gasteiger partial charge < -0.3 is 24.5 Å². The average molecular weight is 471 g/mol. The van der Waals surface area contributed by atoms with E-state index in [-0.39, 0.29) is 28.3 Å². The lowest BCUT2D eigenvalue weighted by Gasteiger charge is -2.12. The molecule has 0 aliphatic carbocycles. The van der Waals surface area contributed by atoms with Crippen LogP contribution in [0.4, 0.5) is 5.69 Å². The fraction of sp³-hybridized carbons (Fsp3) is 0.227. The lowest BCUT2D eigenvalue weighted by molar-refractivity contribution is -0.113. The Kier molecular flexibility index (Phi) is 7.67. The second-order valence-corrected chi connectivity index (χ2v) is 7.59. The molecule has 0 atom stereocenters. The van der Waals surface area contributed by atoms with E-state index in [4.69, 9.17) is 9.47 Å². The van der Waals surface area contributed by atoms with Crippen LogP contribution < -0.4 is 5.32 Å². The minimum absolute atomic E-state index is 0.0397. The number of methoxy groups -OCH3 is 2. The Morgan fingerprint density at radius 3 is 2.45 bits per heavy atom. The van der Waals surface area contributed by atoms with Crippen molar-refractivity contribution in [2.45, 2.75) is 18.6 Å². The molecular weight excluding hydrogens is 448 g/mol. The summed E-state index contributed by atoms with van der Waals surface area (Å²) in [5, 5.41) is 21.5. The summed E-state index contributed by atoms with van der Waals surface area (Å²) >= 11 is 1.14. The van der Waals surface area contributed by atoms with Crippen LogP contribution in [0.1, 0.15) is 27.6 Å². The number of benzene rings is 2. The summed E-state index contributed by atoms with van der Waals surface area (Å²) in [6, 6.07) is 10.9. The molecule has 0 aliphatic heterocycles. The molecule has 11 heteroatoms. The molecule has 1 amide bonds. The SMILES string of the molecule is CCn1c(SCC(=O)Nc2cc(C(=O)OC)ccc2C(=O)OC)nnc1-c1ccccc1O. The van der Waals surface area contributed by atoms with Gasteiger partial charge in [0.1, 0.15) is 5.75 Å². The van der Waals surface area contributed by atoms with Crippen LogP contribution in [0.2, 0.25) is 0 Å². The number of hydrogen-bond acceptors (Lipinski definition) is 9. The maximum atomic E-state index is 12.6. The number of aromatic nitrogens is 3. The van der Waals surface area contributed by atoms with Crippen molar-refractivity contribution in [2.24, 2.45) is 0 Å². The van der Waals surface area contributed by atoms with E-state index in [0.717, 1.165) is 11.8 Å². The number of nitrogens with one attached hydrogen (secondary N) is 1. The Morgan fingerprint density at radius 1 is 1.06 bits per heavy atom. The number of phenolic OH excluding ortho intramolecular Hbond substituents is 1. The first-order valence-corrected chi connectivity index (χ1v) is 10.8. The van der Waals surface area contributed by atoms with Gasteiger partial charge in [0.25, 0.3) is 0 Å². The minimum Gasteiger partial charge on any atom is -0.507 e. The van der Waals surface area contributed by atoms with Crippen molar-refractivity contribution in [1.29, 1.82) is 0 Å². The third-order valence-corrected chi connectivity index (χ3v) is 5.60. The fourth-order valence-electron chi connectivity index (χ4n) is 3.04. The van der Waals surface area contributed by atoms with E-state index in [1.54, 1.807) is 28.8 Å². The van der Waals surface area contributed by atoms with Crippen LogP contribution in [0, 0.1) is 0 Å². The first-order chi connectivity index (χ1) is 15.9. The number of rotatable bonds is 8. The van der Waals surface area contributed by atoms with Crippen molar-refractivity contribution >= 4 is 35.3 Å². The molecule has 0 spiro atoms. The van der Waals surface area contributed by atoms with Crippen molar-refractivity contribution in [3.05, 3.63) is 53.6 Å². The zero-order valence-electron chi connectivity index (χ0n) is 18.2. The van der Waals surface area contributed by atoms with Crippen molar-refractivity contribution in [3.63, 3.8) is 0 Å². The number of phenols is 1. The number of carbonyl (C=O) groups is 3. The summed E-state index contributed by atoms with van der Waals surface area (Å²) in [5.41, 5.74) is 0.931. The third-order valence-electron chi connectivity index (χ3n) is 4.63. The van der Waals surface area contributed by atoms with Gasteiger partial charge in [0.05, 0.1) is 42.4 Å². The first-order valence-electron chi connectivity index (χ1n) is 9.84. The van der Waals surface area contributed by atoms with Crippen LogP contribution >= 0.6 is 11.8 Å². The molecule has 0 fully saturated rings. The van der Waals surface area contributed by atoms with Crippen molar-refractivity contribution in [3.8, 4) is 17.1 Å². The summed E-state index contributed by atoms with van der Waals surface area (Å²) in [7, 11) is 2.45. The van der Waals surface area contributed by atoms with Crippen LogP contribution in [0.15, 0.2) is 47.6 Å². The normalized spacial score (nSPS) is 10.5. The van der Waals surface area contributed by atoms with Crippen LogP contribution in [0.25, 0.3) is 11.4 Å². The maximum Gasteiger partial charge on any atom is 0.339 e. The smallest absolute Gasteiger partial charge is 0.339 e. The molecule has 0 radical (unpaired) electrons. The van der Waals surface area contributed by atoms with E-state index in [1.807, 2.05) is 6.92 Å². The van der Waals surface area contributed by atoms with Crippen LogP contribution in [0.5, 0.6) is 5.75 Å². The second kappa shape index (κ2) is 10.6. The fourth-order valence-corrected chi connectivity index (χ4v) is 3.84. The number of hydrogen-bond donors (Lipinski definition) is 2. The van der Waals surface area contributed by atoms with Gasteiger partial charge in [0.15, 0.2) is 11.0 Å². The van der Waals surface area contributed by atoms with Gasteiger partial charge in [-0.25, -0.2) is 9.59 Å². The summed E-state index contributed by atoms with van der Waals surface area (Å²) in [6.45, 7) is 2.42. The van der Waals surface area contributed by atoms with Gasteiger partial charge >= 0.3 is 11.9 Å². The van der Waals surface area contributed by atoms with Gasteiger partial charge in [-0.05, 0) is 37.3 Å². The Morgan fingerprint density at radius 2 is 1.79 bits per heavy atom. The molecule has 172 valence electrons. The molecular formula is C22H22N4O6S. The van der Waals surface area contributed by atoms with E-state index >= 15 is 0 Å². The third kappa shape index (κ3) is 5.32. The van der Waals surface area contributed by atoms with Crippen molar-refractivity contribution in [2.75, 3.05) is 25.3 Å². The van der Waals surface area contributed by atoms with Gasteiger partial charge in [-0.1, -0.05) is 23.9 Å². The number of para-hydroxylation sites is 1. The number of esters is 2. The van der Waals surface area contributed by atoms with E-state index < -0.39 is 17.8 Å². The van der Waals surface area contributed by atoms with Gasteiger partial charge in [0, 0.05) is 6.54 Å². The highest BCUT2D eigenvalue weighted by molar-refractivity contribution is 7.99. The quantitative estimate of drug-likeness (QED) is 0.376. The molecule has 0 aliphatic rings. The van der Waals surface area contributed by atoms with Crippen molar-refractivity contribution < 1.29 is 29.0 Å². The first kappa shape index (κ1) is 23.8. The van der Waals surface area contributed by atoms with Gasteiger partial charge in [-0.2, -0.15) is 0 Å². The Labute approximate surface area is 193 Å². The van der Waals surface area contributed by atoms with E-state index in [2.05, 4.69) is 15.5 Å².